The number of nitrogens with one attached hydrogen (secondary N) is 1. The number of amides is 1. The summed E-state index contributed by atoms with van der Waals surface area (Å²) in [5.41, 5.74) is 3.86. The number of aromatic amines is 1. The summed E-state index contributed by atoms with van der Waals surface area (Å²) in [5, 5.41) is 4.79. The van der Waals surface area contributed by atoms with Crippen LogP contribution in [0.1, 0.15) is 84.8 Å². The van der Waals surface area contributed by atoms with Crippen LogP contribution in [0.2, 0.25) is 0 Å². The van der Waals surface area contributed by atoms with Gasteiger partial charge in [-0.3, -0.25) is 4.79 Å². The van der Waals surface area contributed by atoms with Crippen LogP contribution < -0.4 is 0 Å². The largest absolute Gasteiger partial charge is 0.435 e. The summed E-state index contributed by atoms with van der Waals surface area (Å²) in [6.45, 7) is 9.50. The molecule has 0 radical (unpaired) electrons. The van der Waals surface area contributed by atoms with Crippen molar-refractivity contribution >= 4 is 11.4 Å². The Morgan fingerprint density at radius 2 is 2.12 bits per heavy atom. The van der Waals surface area contributed by atoms with Crippen LogP contribution in [0.4, 0.5) is 4.39 Å². The standard InChI is InChI=1S/C24H27FN6O2/c1-13-7-6-8-15-11-17(29-31(13)15)20-19-16(26-12-27-19)9-10-30(20)22(32)21-18(14(2)25)28-23(33-21)24(3,4)5/h6-8,11-12,14,20H,9-10H2,1-5H3,(H,26,27)/t14?,20-/m1/s1. The molecule has 172 valence electrons. The zero-order valence-corrected chi connectivity index (χ0v) is 19.4. The number of rotatable bonds is 3. The first-order chi connectivity index (χ1) is 15.6. The van der Waals surface area contributed by atoms with Crippen molar-refractivity contribution in [3.05, 3.63) is 70.7 Å². The number of alkyl halides is 1. The van der Waals surface area contributed by atoms with Gasteiger partial charge in [-0.05, 0) is 32.0 Å². The average molecular weight is 451 g/mol. The van der Waals surface area contributed by atoms with Gasteiger partial charge in [0.25, 0.3) is 5.91 Å². The first-order valence-electron chi connectivity index (χ1n) is 11.1. The molecule has 4 aromatic heterocycles. The van der Waals surface area contributed by atoms with E-state index in [0.29, 0.717) is 24.6 Å². The summed E-state index contributed by atoms with van der Waals surface area (Å²) < 4.78 is 22.2. The fourth-order valence-corrected chi connectivity index (χ4v) is 4.31. The van der Waals surface area contributed by atoms with Crippen molar-refractivity contribution in [2.45, 2.75) is 58.7 Å². The highest BCUT2D eigenvalue weighted by molar-refractivity contribution is 5.93. The maximum absolute atomic E-state index is 14.5. The molecule has 1 aliphatic heterocycles. The fourth-order valence-electron chi connectivity index (χ4n) is 4.31. The Labute approximate surface area is 190 Å². The number of carbonyl (C=O) groups is 1. The van der Waals surface area contributed by atoms with Gasteiger partial charge < -0.3 is 14.3 Å². The maximum Gasteiger partial charge on any atom is 0.292 e. The fraction of sp³-hybridized carbons (Fsp3) is 0.417. The molecular weight excluding hydrogens is 423 g/mol. The molecule has 4 aromatic rings. The third-order valence-electron chi connectivity index (χ3n) is 6.03. The molecule has 1 aliphatic rings. The van der Waals surface area contributed by atoms with Crippen molar-refractivity contribution in [1.82, 2.24) is 29.5 Å². The molecular formula is C24H27FN6O2. The van der Waals surface area contributed by atoms with E-state index in [-0.39, 0.29) is 11.5 Å². The molecule has 0 saturated heterocycles. The molecule has 8 nitrogen and oxygen atoms in total. The number of hydrogen-bond acceptors (Lipinski definition) is 5. The van der Waals surface area contributed by atoms with E-state index in [1.807, 2.05) is 56.5 Å². The van der Waals surface area contributed by atoms with Crippen molar-refractivity contribution in [2.24, 2.45) is 0 Å². The van der Waals surface area contributed by atoms with Crippen molar-refractivity contribution < 1.29 is 13.6 Å². The third-order valence-corrected chi connectivity index (χ3v) is 6.03. The van der Waals surface area contributed by atoms with Crippen LogP contribution in [0, 0.1) is 6.92 Å². The van der Waals surface area contributed by atoms with Crippen LogP contribution in [0.15, 0.2) is 35.0 Å². The molecule has 1 N–H and O–H groups in total. The van der Waals surface area contributed by atoms with Crippen LogP contribution in [-0.2, 0) is 11.8 Å². The van der Waals surface area contributed by atoms with Gasteiger partial charge in [0.2, 0.25) is 11.7 Å². The average Bonchev–Trinajstić information content (AvgIpc) is 3.49. The van der Waals surface area contributed by atoms with Gasteiger partial charge in [-0.1, -0.05) is 26.8 Å². The predicted octanol–water partition coefficient (Wildman–Crippen LogP) is 4.47. The van der Waals surface area contributed by atoms with Gasteiger partial charge in [-0.25, -0.2) is 18.9 Å². The molecule has 33 heavy (non-hydrogen) atoms. The van der Waals surface area contributed by atoms with Crippen LogP contribution in [-0.4, -0.2) is 41.9 Å². The van der Waals surface area contributed by atoms with Gasteiger partial charge in [-0.2, -0.15) is 5.10 Å². The summed E-state index contributed by atoms with van der Waals surface area (Å²) in [5.74, 6) is -0.133. The smallest absolute Gasteiger partial charge is 0.292 e. The predicted molar refractivity (Wildman–Crippen MR) is 120 cm³/mol. The molecule has 0 saturated carbocycles. The Balaban J connectivity index is 1.63. The van der Waals surface area contributed by atoms with E-state index in [2.05, 4.69) is 15.0 Å². The Kier molecular flexibility index (Phi) is 4.88. The second kappa shape index (κ2) is 7.54. The van der Waals surface area contributed by atoms with E-state index >= 15 is 0 Å². The first kappa shape index (κ1) is 21.4. The number of nitrogens with zero attached hydrogens (tertiary/aromatic N) is 5. The second-order valence-electron chi connectivity index (χ2n) is 9.59. The quantitative estimate of drug-likeness (QED) is 0.497. The van der Waals surface area contributed by atoms with Gasteiger partial charge in [0.05, 0.1) is 23.2 Å². The lowest BCUT2D eigenvalue weighted by Gasteiger charge is -2.33. The summed E-state index contributed by atoms with van der Waals surface area (Å²) in [6.07, 6.45) is 0.796. The highest BCUT2D eigenvalue weighted by Crippen LogP contribution is 2.36. The number of hydrogen-bond donors (Lipinski definition) is 1. The van der Waals surface area contributed by atoms with Crippen molar-refractivity contribution in [1.29, 1.82) is 0 Å². The van der Waals surface area contributed by atoms with E-state index in [9.17, 15) is 9.18 Å². The lowest BCUT2D eigenvalue weighted by atomic mass is 9.97. The first-order valence-corrected chi connectivity index (χ1v) is 11.1. The maximum atomic E-state index is 14.5. The summed E-state index contributed by atoms with van der Waals surface area (Å²) in [6, 6.07) is 7.35. The van der Waals surface area contributed by atoms with E-state index in [1.165, 1.54) is 6.92 Å². The normalized spacial score (nSPS) is 17.4. The Morgan fingerprint density at radius 1 is 1.33 bits per heavy atom. The van der Waals surface area contributed by atoms with Crippen LogP contribution in [0.25, 0.3) is 5.52 Å². The molecule has 5 rings (SSSR count). The number of pyridine rings is 1. The lowest BCUT2D eigenvalue weighted by molar-refractivity contribution is 0.0646. The minimum Gasteiger partial charge on any atom is -0.435 e. The van der Waals surface area contributed by atoms with Crippen LogP contribution in [0.5, 0.6) is 0 Å². The highest BCUT2D eigenvalue weighted by atomic mass is 19.1. The van der Waals surface area contributed by atoms with Crippen molar-refractivity contribution in [3.8, 4) is 0 Å². The van der Waals surface area contributed by atoms with Gasteiger partial charge in [-0.15, -0.1) is 0 Å². The number of aromatic nitrogens is 5. The zero-order valence-electron chi connectivity index (χ0n) is 19.4. The number of aryl methyl sites for hydroxylation is 1. The number of H-pyrrole nitrogens is 1. The Bertz CT molecular complexity index is 1340. The molecule has 1 unspecified atom stereocenters. The molecule has 0 aliphatic carbocycles. The van der Waals surface area contributed by atoms with Crippen LogP contribution in [0.3, 0.4) is 0 Å². The Hall–Kier alpha value is -3.49. The Morgan fingerprint density at radius 3 is 2.82 bits per heavy atom. The van der Waals surface area contributed by atoms with Gasteiger partial charge in [0.1, 0.15) is 17.9 Å². The van der Waals surface area contributed by atoms with Gasteiger partial charge in [0.15, 0.2) is 0 Å². The third kappa shape index (κ3) is 3.51. The number of carbonyl (C=O) groups excluding carboxylic acids is 1. The van der Waals surface area contributed by atoms with E-state index in [4.69, 9.17) is 9.52 Å². The second-order valence-corrected chi connectivity index (χ2v) is 9.59. The molecule has 9 heteroatoms. The molecule has 0 fully saturated rings. The van der Waals surface area contributed by atoms with Crippen molar-refractivity contribution in [2.75, 3.05) is 6.54 Å². The summed E-state index contributed by atoms with van der Waals surface area (Å²) in [4.78, 5) is 27.5. The molecule has 2 atom stereocenters. The minimum absolute atomic E-state index is 0.0299. The monoisotopic (exact) mass is 450 g/mol. The number of oxazole rings is 1. The highest BCUT2D eigenvalue weighted by Gasteiger charge is 2.40. The number of fused-ring (bicyclic) bond motifs is 2. The molecule has 1 amide bonds. The van der Waals surface area contributed by atoms with Gasteiger partial charge >= 0.3 is 0 Å². The van der Waals surface area contributed by atoms with Crippen molar-refractivity contribution in [3.63, 3.8) is 0 Å². The molecule has 5 heterocycles. The molecule has 0 bridgehead atoms. The summed E-state index contributed by atoms with van der Waals surface area (Å²) >= 11 is 0. The number of imidazole rings is 1. The lowest BCUT2D eigenvalue weighted by Crippen LogP contribution is -2.41. The van der Waals surface area contributed by atoms with Gasteiger partial charge in [0, 0.05) is 29.8 Å². The minimum atomic E-state index is -1.44. The zero-order chi connectivity index (χ0) is 23.5. The topological polar surface area (TPSA) is 92.3 Å². The summed E-state index contributed by atoms with van der Waals surface area (Å²) in [7, 11) is 0. The van der Waals surface area contributed by atoms with E-state index < -0.39 is 23.5 Å². The molecule has 0 aromatic carbocycles. The van der Waals surface area contributed by atoms with E-state index in [1.54, 1.807) is 11.2 Å². The number of halogens is 1. The molecule has 0 spiro atoms. The van der Waals surface area contributed by atoms with E-state index in [0.717, 1.165) is 22.6 Å². The SMILES string of the molecule is Cc1cccc2cc([C@@H]3c4nc[nH]c4CCN3C(=O)c3oc(C(C)(C)C)nc3C(C)F)nn12. The van der Waals surface area contributed by atoms with Crippen LogP contribution >= 0.6 is 0 Å².